The van der Waals surface area contributed by atoms with E-state index < -0.39 is 0 Å². The number of hydrogen-bond donors (Lipinski definition) is 1. The van der Waals surface area contributed by atoms with Crippen molar-refractivity contribution >= 4 is 0 Å². The van der Waals surface area contributed by atoms with E-state index in [0.717, 1.165) is 11.3 Å². The molecule has 0 fully saturated rings. The monoisotopic (exact) mass is 254 g/mol. The lowest BCUT2D eigenvalue weighted by atomic mass is 10.1. The van der Waals surface area contributed by atoms with Crippen molar-refractivity contribution in [3.05, 3.63) is 53.3 Å². The molecule has 0 aliphatic carbocycles. The van der Waals surface area contributed by atoms with Crippen LogP contribution in [-0.4, -0.2) is 17.3 Å². The van der Waals surface area contributed by atoms with Gasteiger partial charge >= 0.3 is 0 Å². The second kappa shape index (κ2) is 6.47. The number of nitrogens with one attached hydrogen (secondary N) is 1. The number of hydrogen-bond acceptors (Lipinski definition) is 5. The summed E-state index contributed by atoms with van der Waals surface area (Å²) in [7, 11) is 1.56. The molecule has 5 nitrogen and oxygen atoms in total. The molecule has 0 spiro atoms. The second-order valence-electron chi connectivity index (χ2n) is 3.96. The zero-order valence-corrected chi connectivity index (χ0v) is 10.6. The maximum atomic E-state index is 9.01. The molecule has 0 atom stereocenters. The smallest absolute Gasteiger partial charge is 0.136 e. The van der Waals surface area contributed by atoms with Crippen LogP contribution in [0.3, 0.4) is 0 Å². The van der Waals surface area contributed by atoms with E-state index in [1.807, 2.05) is 24.3 Å². The predicted molar refractivity (Wildman–Crippen MR) is 70.3 cm³/mol. The van der Waals surface area contributed by atoms with E-state index >= 15 is 0 Å². The molecule has 1 aromatic carbocycles. The maximum Gasteiger partial charge on any atom is 0.136 e. The number of nitriles is 1. The molecule has 96 valence electrons. The van der Waals surface area contributed by atoms with Crippen molar-refractivity contribution in [1.82, 2.24) is 15.5 Å². The largest absolute Gasteiger partial charge is 0.495 e. The number of aromatic nitrogens is 2. The van der Waals surface area contributed by atoms with Crippen molar-refractivity contribution in [2.24, 2.45) is 0 Å². The van der Waals surface area contributed by atoms with Crippen LogP contribution in [0.25, 0.3) is 0 Å². The van der Waals surface area contributed by atoms with Crippen LogP contribution in [0.15, 0.2) is 36.5 Å². The molecule has 0 amide bonds. The Bertz CT molecular complexity index is 578. The van der Waals surface area contributed by atoms with Crippen LogP contribution < -0.4 is 10.1 Å². The van der Waals surface area contributed by atoms with Crippen molar-refractivity contribution in [3.63, 3.8) is 0 Å². The molecule has 1 heterocycles. The number of rotatable bonds is 5. The summed E-state index contributed by atoms with van der Waals surface area (Å²) >= 11 is 0. The highest BCUT2D eigenvalue weighted by Crippen LogP contribution is 2.18. The number of ether oxygens (including phenoxy) is 1. The van der Waals surface area contributed by atoms with Gasteiger partial charge in [-0.2, -0.15) is 15.5 Å². The Kier molecular flexibility index (Phi) is 4.43. The van der Waals surface area contributed by atoms with Crippen LogP contribution in [0, 0.1) is 11.3 Å². The van der Waals surface area contributed by atoms with Crippen molar-refractivity contribution in [2.75, 3.05) is 7.11 Å². The van der Waals surface area contributed by atoms with E-state index in [0.29, 0.717) is 24.4 Å². The van der Waals surface area contributed by atoms with Crippen molar-refractivity contribution in [1.29, 1.82) is 5.26 Å². The molecule has 1 aromatic heterocycles. The van der Waals surface area contributed by atoms with Crippen molar-refractivity contribution in [3.8, 4) is 11.8 Å². The third kappa shape index (κ3) is 3.50. The van der Waals surface area contributed by atoms with E-state index in [-0.39, 0.29) is 0 Å². The van der Waals surface area contributed by atoms with Crippen LogP contribution in [0.4, 0.5) is 0 Å². The van der Waals surface area contributed by atoms with E-state index in [9.17, 15) is 0 Å². The van der Waals surface area contributed by atoms with Crippen LogP contribution in [0.2, 0.25) is 0 Å². The van der Waals surface area contributed by atoms with Crippen LogP contribution in [-0.2, 0) is 13.1 Å². The van der Waals surface area contributed by atoms with Gasteiger partial charge in [-0.15, -0.1) is 0 Å². The molecule has 0 bridgehead atoms. The van der Waals surface area contributed by atoms with Gasteiger partial charge in [0.15, 0.2) is 0 Å². The SMILES string of the molecule is COc1ccc(CNCc2cccnn2)cc1C#N. The van der Waals surface area contributed by atoms with Crippen LogP contribution in [0.5, 0.6) is 5.75 Å². The fourth-order valence-electron chi connectivity index (χ4n) is 1.72. The molecule has 5 heteroatoms. The highest BCUT2D eigenvalue weighted by Gasteiger charge is 2.03. The van der Waals surface area contributed by atoms with Gasteiger partial charge in [-0.05, 0) is 29.8 Å². The summed E-state index contributed by atoms with van der Waals surface area (Å²) in [4.78, 5) is 0. The molecule has 0 aliphatic heterocycles. The highest BCUT2D eigenvalue weighted by atomic mass is 16.5. The first-order valence-electron chi connectivity index (χ1n) is 5.88. The number of benzene rings is 1. The van der Waals surface area contributed by atoms with Crippen molar-refractivity contribution in [2.45, 2.75) is 13.1 Å². The normalized spacial score (nSPS) is 9.89. The minimum absolute atomic E-state index is 0.543. The van der Waals surface area contributed by atoms with Gasteiger partial charge in [0.1, 0.15) is 11.8 Å². The zero-order chi connectivity index (χ0) is 13.5. The van der Waals surface area contributed by atoms with Gasteiger partial charge in [0.05, 0.1) is 18.4 Å². The van der Waals surface area contributed by atoms with Crippen LogP contribution >= 0.6 is 0 Å². The molecule has 0 saturated heterocycles. The van der Waals surface area contributed by atoms with Crippen molar-refractivity contribution < 1.29 is 4.74 Å². The van der Waals surface area contributed by atoms with E-state index in [2.05, 4.69) is 21.6 Å². The second-order valence-corrected chi connectivity index (χ2v) is 3.96. The Morgan fingerprint density at radius 1 is 1.32 bits per heavy atom. The van der Waals surface area contributed by atoms with Gasteiger partial charge in [-0.1, -0.05) is 6.07 Å². The molecule has 0 saturated carbocycles. The summed E-state index contributed by atoms with van der Waals surface area (Å²) in [6.07, 6.45) is 1.65. The third-order valence-electron chi connectivity index (χ3n) is 2.65. The highest BCUT2D eigenvalue weighted by molar-refractivity contribution is 5.45. The fourth-order valence-corrected chi connectivity index (χ4v) is 1.72. The summed E-state index contributed by atoms with van der Waals surface area (Å²) < 4.78 is 5.10. The van der Waals surface area contributed by atoms with Gasteiger partial charge < -0.3 is 10.1 Å². The van der Waals surface area contributed by atoms with Gasteiger partial charge in [-0.25, -0.2) is 0 Å². The number of methoxy groups -OCH3 is 1. The summed E-state index contributed by atoms with van der Waals surface area (Å²) in [6.45, 7) is 1.30. The molecule has 2 rings (SSSR count). The Balaban J connectivity index is 1.95. The molecule has 1 N–H and O–H groups in total. The van der Waals surface area contributed by atoms with E-state index in [4.69, 9.17) is 10.00 Å². The van der Waals surface area contributed by atoms with Gasteiger partial charge in [0.2, 0.25) is 0 Å². The number of nitrogens with zero attached hydrogens (tertiary/aromatic N) is 3. The Morgan fingerprint density at radius 2 is 2.21 bits per heavy atom. The summed E-state index contributed by atoms with van der Waals surface area (Å²) in [6, 6.07) is 11.4. The average molecular weight is 254 g/mol. The minimum atomic E-state index is 0.543. The summed E-state index contributed by atoms with van der Waals surface area (Å²) in [5.41, 5.74) is 2.46. The molecule has 2 aromatic rings. The molecular formula is C14H14N4O. The third-order valence-corrected chi connectivity index (χ3v) is 2.65. The fraction of sp³-hybridized carbons (Fsp3) is 0.214. The first kappa shape index (κ1) is 13.0. The van der Waals surface area contributed by atoms with Gasteiger partial charge in [0.25, 0.3) is 0 Å². The molecular weight excluding hydrogens is 240 g/mol. The van der Waals surface area contributed by atoms with Gasteiger partial charge in [-0.3, -0.25) is 0 Å². The average Bonchev–Trinajstić information content (AvgIpc) is 2.48. The molecule has 0 aliphatic rings. The van der Waals surface area contributed by atoms with Gasteiger partial charge in [0, 0.05) is 19.3 Å². The molecule has 0 unspecified atom stereocenters. The Hall–Kier alpha value is -2.45. The predicted octanol–water partition coefficient (Wildman–Crippen LogP) is 1.65. The van der Waals surface area contributed by atoms with E-state index in [1.54, 1.807) is 19.4 Å². The first-order valence-corrected chi connectivity index (χ1v) is 5.88. The van der Waals surface area contributed by atoms with E-state index in [1.165, 1.54) is 0 Å². The lowest BCUT2D eigenvalue weighted by Gasteiger charge is -2.07. The van der Waals surface area contributed by atoms with Crippen LogP contribution in [0.1, 0.15) is 16.8 Å². The maximum absolute atomic E-state index is 9.01. The standard InChI is InChI=1S/C14H14N4O/c1-19-14-5-4-11(7-12(14)8-15)9-16-10-13-3-2-6-17-18-13/h2-7,16H,9-10H2,1H3. The molecule has 0 radical (unpaired) electrons. The topological polar surface area (TPSA) is 70.8 Å². The first-order chi connectivity index (χ1) is 9.33. The lowest BCUT2D eigenvalue weighted by Crippen LogP contribution is -2.14. The minimum Gasteiger partial charge on any atom is -0.495 e. The Labute approximate surface area is 111 Å². The lowest BCUT2D eigenvalue weighted by molar-refractivity contribution is 0.413. The molecule has 19 heavy (non-hydrogen) atoms. The summed E-state index contributed by atoms with van der Waals surface area (Å²) in [5, 5.41) is 20.1. The summed E-state index contributed by atoms with van der Waals surface area (Å²) in [5.74, 6) is 0.597. The zero-order valence-electron chi connectivity index (χ0n) is 10.6. The quantitative estimate of drug-likeness (QED) is 0.878. The Morgan fingerprint density at radius 3 is 2.89 bits per heavy atom.